The van der Waals surface area contributed by atoms with Crippen molar-refractivity contribution in [1.29, 1.82) is 0 Å². The number of nitrogen functional groups attached to an aromatic ring is 1. The molecule has 1 heterocycles. The molecular weight excluding hydrogens is 302 g/mol. The van der Waals surface area contributed by atoms with Crippen LogP contribution in [0.15, 0.2) is 4.34 Å². The average molecular weight is 324 g/mol. The number of hydrogen-bond donors (Lipinski definition) is 1. The molecule has 0 aliphatic rings. The maximum Gasteiger partial charge on any atom is 0.501 e. The summed E-state index contributed by atoms with van der Waals surface area (Å²) in [6, 6.07) is 0.757. The van der Waals surface area contributed by atoms with Crippen molar-refractivity contribution in [3.63, 3.8) is 0 Å². The van der Waals surface area contributed by atoms with Gasteiger partial charge in [0.1, 0.15) is 0 Å². The van der Waals surface area contributed by atoms with Crippen LogP contribution >= 0.6 is 23.1 Å². The van der Waals surface area contributed by atoms with Crippen molar-refractivity contribution < 1.29 is 13.3 Å². The van der Waals surface area contributed by atoms with Crippen LogP contribution in [-0.2, 0) is 13.3 Å². The maximum absolute atomic E-state index is 5.78. The summed E-state index contributed by atoms with van der Waals surface area (Å²) in [7, 11) is -2.54. The summed E-state index contributed by atoms with van der Waals surface area (Å²) in [5.41, 5.74) is 5.55. The molecule has 0 amide bonds. The first kappa shape index (κ1) is 16.9. The van der Waals surface area contributed by atoms with Crippen LogP contribution in [0, 0.1) is 0 Å². The van der Waals surface area contributed by atoms with E-state index in [1.165, 1.54) is 11.3 Å². The normalized spacial score (nSPS) is 11.9. The molecule has 0 unspecified atom stereocenters. The van der Waals surface area contributed by atoms with E-state index < -0.39 is 8.80 Å². The Morgan fingerprint density at radius 3 is 2.11 bits per heavy atom. The number of nitrogens with zero attached hydrogens (tertiary/aromatic N) is 2. The van der Waals surface area contributed by atoms with Gasteiger partial charge in [0.25, 0.3) is 0 Å². The van der Waals surface area contributed by atoms with Crippen molar-refractivity contribution >= 4 is 37.0 Å². The fourth-order valence-electron chi connectivity index (χ4n) is 1.54. The van der Waals surface area contributed by atoms with Gasteiger partial charge in [0.15, 0.2) is 4.34 Å². The van der Waals surface area contributed by atoms with Crippen LogP contribution in [0.4, 0.5) is 5.13 Å². The first-order chi connectivity index (χ1) is 9.15. The van der Waals surface area contributed by atoms with Crippen molar-refractivity contribution in [1.82, 2.24) is 10.2 Å². The van der Waals surface area contributed by atoms with E-state index in [0.717, 1.165) is 16.1 Å². The monoisotopic (exact) mass is 323 g/mol. The number of hydrogen-bond acceptors (Lipinski definition) is 8. The van der Waals surface area contributed by atoms with E-state index in [2.05, 4.69) is 10.2 Å². The highest BCUT2D eigenvalue weighted by Crippen LogP contribution is 2.27. The number of thioether (sulfide) groups is 1. The van der Waals surface area contributed by atoms with Gasteiger partial charge in [-0.2, -0.15) is 0 Å². The molecule has 1 aromatic heterocycles. The Balaban J connectivity index is 2.50. The fraction of sp³-hybridized carbons (Fsp3) is 0.800. The van der Waals surface area contributed by atoms with E-state index in [1.54, 1.807) is 11.8 Å². The topological polar surface area (TPSA) is 79.5 Å². The highest BCUT2D eigenvalue weighted by atomic mass is 32.2. The second kappa shape index (κ2) is 8.87. The third-order valence-corrected chi connectivity index (χ3v) is 7.45. The largest absolute Gasteiger partial charge is 0.501 e. The molecule has 0 saturated carbocycles. The molecule has 0 radical (unpaired) electrons. The first-order valence-corrected chi connectivity index (χ1v) is 10.0. The molecule has 0 aliphatic carbocycles. The SMILES string of the molecule is CCO[Si](CCSc1nnc(N)s1)(OCC)OCC. The van der Waals surface area contributed by atoms with Gasteiger partial charge in [0, 0.05) is 31.6 Å². The van der Waals surface area contributed by atoms with E-state index in [1.807, 2.05) is 20.8 Å². The molecule has 0 bridgehead atoms. The average Bonchev–Trinajstić information content (AvgIpc) is 2.76. The van der Waals surface area contributed by atoms with Crippen LogP contribution < -0.4 is 5.73 Å². The van der Waals surface area contributed by atoms with Gasteiger partial charge in [-0.3, -0.25) is 0 Å². The number of anilines is 1. The Morgan fingerprint density at radius 2 is 1.68 bits per heavy atom. The zero-order valence-corrected chi connectivity index (χ0v) is 14.2. The second-order valence-corrected chi connectivity index (χ2v) is 8.57. The first-order valence-electron chi connectivity index (χ1n) is 6.29. The van der Waals surface area contributed by atoms with Crippen LogP contribution in [0.2, 0.25) is 6.04 Å². The van der Waals surface area contributed by atoms with Crippen LogP contribution in [0.3, 0.4) is 0 Å². The summed E-state index contributed by atoms with van der Waals surface area (Å²) in [6.07, 6.45) is 0. The molecule has 0 aliphatic heterocycles. The molecule has 1 aromatic rings. The lowest BCUT2D eigenvalue weighted by atomic mass is 10.9. The molecule has 110 valence electrons. The molecule has 0 aromatic carbocycles. The molecule has 1 rings (SSSR count). The molecule has 9 heteroatoms. The highest BCUT2D eigenvalue weighted by molar-refractivity contribution is 8.01. The lowest BCUT2D eigenvalue weighted by molar-refractivity contribution is 0.0728. The second-order valence-electron chi connectivity index (χ2n) is 3.49. The Bertz CT molecular complexity index is 351. The Kier molecular flexibility index (Phi) is 7.88. The zero-order valence-electron chi connectivity index (χ0n) is 11.5. The van der Waals surface area contributed by atoms with E-state index >= 15 is 0 Å². The van der Waals surface area contributed by atoms with Crippen molar-refractivity contribution in [3.05, 3.63) is 0 Å². The molecule has 19 heavy (non-hydrogen) atoms. The van der Waals surface area contributed by atoms with Gasteiger partial charge >= 0.3 is 8.80 Å². The smallest absolute Gasteiger partial charge is 0.374 e. The predicted octanol–water partition coefficient (Wildman–Crippen LogP) is 2.26. The van der Waals surface area contributed by atoms with Gasteiger partial charge in [-0.05, 0) is 20.8 Å². The van der Waals surface area contributed by atoms with Crippen LogP contribution in [0.1, 0.15) is 20.8 Å². The highest BCUT2D eigenvalue weighted by Gasteiger charge is 2.39. The van der Waals surface area contributed by atoms with Crippen LogP contribution in [0.5, 0.6) is 0 Å². The minimum atomic E-state index is -2.54. The minimum absolute atomic E-state index is 0.491. The van der Waals surface area contributed by atoms with Gasteiger partial charge < -0.3 is 19.0 Å². The van der Waals surface area contributed by atoms with Gasteiger partial charge in [-0.25, -0.2) is 0 Å². The Hall–Kier alpha value is -0.193. The van der Waals surface area contributed by atoms with Crippen LogP contribution in [0.25, 0.3) is 0 Å². The van der Waals surface area contributed by atoms with E-state index in [0.29, 0.717) is 25.0 Å². The maximum atomic E-state index is 5.78. The Labute approximate surface area is 123 Å². The summed E-state index contributed by atoms with van der Waals surface area (Å²) < 4.78 is 18.2. The standard InChI is InChI=1S/C10H21N3O3S2Si/c1-4-14-19(15-5-2,16-6-3)8-7-17-10-13-12-9(11)18-10/h4-8H2,1-3H3,(H2,11,12). The molecular formula is C10H21N3O3S2Si. The lowest BCUT2D eigenvalue weighted by Gasteiger charge is -2.28. The van der Waals surface area contributed by atoms with Crippen LogP contribution in [-0.4, -0.2) is 44.6 Å². The van der Waals surface area contributed by atoms with Gasteiger partial charge in [0.05, 0.1) is 0 Å². The van der Waals surface area contributed by atoms with Crippen molar-refractivity contribution in [2.24, 2.45) is 0 Å². The number of aromatic nitrogens is 2. The molecule has 0 saturated heterocycles. The van der Waals surface area contributed by atoms with E-state index in [9.17, 15) is 0 Å². The number of rotatable bonds is 10. The third-order valence-electron chi connectivity index (χ3n) is 2.15. The predicted molar refractivity (Wildman–Crippen MR) is 80.5 cm³/mol. The van der Waals surface area contributed by atoms with Crippen molar-refractivity contribution in [2.45, 2.75) is 31.2 Å². The molecule has 0 atom stereocenters. The third kappa shape index (κ3) is 5.75. The lowest BCUT2D eigenvalue weighted by Crippen LogP contribution is -2.46. The summed E-state index contributed by atoms with van der Waals surface area (Å²) in [6.45, 7) is 7.67. The fourth-order valence-corrected chi connectivity index (χ4v) is 6.31. The van der Waals surface area contributed by atoms with E-state index in [4.69, 9.17) is 19.0 Å². The summed E-state index contributed by atoms with van der Waals surface area (Å²) >= 11 is 3.00. The summed E-state index contributed by atoms with van der Waals surface area (Å²) in [5, 5.41) is 8.25. The molecule has 0 fully saturated rings. The van der Waals surface area contributed by atoms with Gasteiger partial charge in [-0.1, -0.05) is 23.1 Å². The summed E-state index contributed by atoms with van der Waals surface area (Å²) in [4.78, 5) is 0. The number of nitrogens with two attached hydrogens (primary N) is 1. The molecule has 2 N–H and O–H groups in total. The van der Waals surface area contributed by atoms with Gasteiger partial charge in [0.2, 0.25) is 5.13 Å². The van der Waals surface area contributed by atoms with Crippen molar-refractivity contribution in [3.8, 4) is 0 Å². The minimum Gasteiger partial charge on any atom is -0.374 e. The van der Waals surface area contributed by atoms with Gasteiger partial charge in [-0.15, -0.1) is 10.2 Å². The molecule has 6 nitrogen and oxygen atoms in total. The van der Waals surface area contributed by atoms with Crippen molar-refractivity contribution in [2.75, 3.05) is 31.3 Å². The van der Waals surface area contributed by atoms with E-state index in [-0.39, 0.29) is 0 Å². The Morgan fingerprint density at radius 1 is 1.11 bits per heavy atom. The molecule has 0 spiro atoms. The summed E-state index contributed by atoms with van der Waals surface area (Å²) in [5.74, 6) is 0.820. The quantitative estimate of drug-likeness (QED) is 0.522. The zero-order chi connectivity index (χ0) is 14.1.